The van der Waals surface area contributed by atoms with Crippen molar-refractivity contribution in [1.82, 2.24) is 4.90 Å². The first kappa shape index (κ1) is 15.2. The zero-order valence-corrected chi connectivity index (χ0v) is 14.1. The molecule has 114 valence electrons. The van der Waals surface area contributed by atoms with Crippen molar-refractivity contribution in [2.45, 2.75) is 16.2 Å². The van der Waals surface area contributed by atoms with Gasteiger partial charge in [0, 0.05) is 35.0 Å². The number of amides is 1. The molecule has 0 bridgehead atoms. The molecule has 3 rings (SSSR count). The van der Waals surface area contributed by atoms with Gasteiger partial charge in [-0.1, -0.05) is 18.2 Å². The largest absolute Gasteiger partial charge is 0.323 e. The van der Waals surface area contributed by atoms with Gasteiger partial charge >= 0.3 is 0 Å². The minimum atomic E-state index is -3.25. The van der Waals surface area contributed by atoms with Gasteiger partial charge in [-0.25, -0.2) is 8.42 Å². The van der Waals surface area contributed by atoms with E-state index < -0.39 is 15.2 Å². The fourth-order valence-electron chi connectivity index (χ4n) is 2.76. The van der Waals surface area contributed by atoms with Gasteiger partial charge in [-0.3, -0.25) is 4.79 Å². The number of hydrogen-bond acceptors (Lipinski definition) is 5. The highest BCUT2D eigenvalue weighted by molar-refractivity contribution is 8.01. The first-order chi connectivity index (χ1) is 9.98. The van der Waals surface area contributed by atoms with Crippen molar-refractivity contribution in [3.63, 3.8) is 0 Å². The average Bonchev–Trinajstić information content (AvgIpc) is 2.89. The van der Waals surface area contributed by atoms with Crippen LogP contribution in [0.5, 0.6) is 0 Å². The van der Waals surface area contributed by atoms with Crippen LogP contribution in [0.1, 0.15) is 11.5 Å². The number of carbonyl (C=O) groups is 1. The number of fused-ring (bicyclic) bond motifs is 1. The Labute approximate surface area is 133 Å². The van der Waals surface area contributed by atoms with Gasteiger partial charge < -0.3 is 4.90 Å². The molecule has 0 unspecified atom stereocenters. The van der Waals surface area contributed by atoms with Crippen LogP contribution in [0.4, 0.5) is 0 Å². The molecule has 1 saturated heterocycles. The molecule has 2 aliphatic heterocycles. The SMILES string of the molecule is CS(=O)(=O)[C@@H]1CSCCN1C(=O)[C@@H]1CSc2ccccc21. The van der Waals surface area contributed by atoms with Crippen LogP contribution in [-0.2, 0) is 14.6 Å². The smallest absolute Gasteiger partial charge is 0.232 e. The summed E-state index contributed by atoms with van der Waals surface area (Å²) in [5.41, 5.74) is 1.04. The lowest BCUT2D eigenvalue weighted by atomic mass is 10.00. The predicted octanol–water partition coefficient (Wildman–Crippen LogP) is 1.82. The van der Waals surface area contributed by atoms with Gasteiger partial charge in [-0.05, 0) is 11.6 Å². The molecular formula is C14H17NO3S3. The Kier molecular flexibility index (Phi) is 4.25. The number of sulfone groups is 1. The lowest BCUT2D eigenvalue weighted by Crippen LogP contribution is -2.51. The third-order valence-electron chi connectivity index (χ3n) is 3.86. The summed E-state index contributed by atoms with van der Waals surface area (Å²) in [6.07, 6.45) is 1.22. The van der Waals surface area contributed by atoms with Crippen LogP contribution >= 0.6 is 23.5 Å². The number of rotatable bonds is 2. The molecule has 1 fully saturated rings. The Morgan fingerprint density at radius 2 is 2.05 bits per heavy atom. The van der Waals surface area contributed by atoms with Crippen LogP contribution in [0.2, 0.25) is 0 Å². The molecular weight excluding hydrogens is 326 g/mol. The van der Waals surface area contributed by atoms with Gasteiger partial charge in [0.05, 0.1) is 5.92 Å². The van der Waals surface area contributed by atoms with E-state index in [1.807, 2.05) is 24.3 Å². The van der Waals surface area contributed by atoms with Crippen molar-refractivity contribution in [1.29, 1.82) is 0 Å². The molecule has 0 aliphatic carbocycles. The first-order valence-corrected chi connectivity index (χ1v) is 10.9. The highest BCUT2D eigenvalue weighted by Gasteiger charge is 2.39. The molecule has 2 atom stereocenters. The Morgan fingerprint density at radius 3 is 2.81 bits per heavy atom. The number of carbonyl (C=O) groups excluding carboxylic acids is 1. The molecule has 21 heavy (non-hydrogen) atoms. The molecule has 2 aliphatic rings. The van der Waals surface area contributed by atoms with Gasteiger partial charge in [0.15, 0.2) is 9.84 Å². The third-order valence-corrected chi connectivity index (χ3v) is 7.69. The van der Waals surface area contributed by atoms with E-state index in [-0.39, 0.29) is 11.8 Å². The molecule has 1 aromatic carbocycles. The number of benzene rings is 1. The second-order valence-corrected chi connectivity index (χ2v) is 9.71. The zero-order chi connectivity index (χ0) is 15.0. The molecule has 4 nitrogen and oxygen atoms in total. The Balaban J connectivity index is 1.88. The summed E-state index contributed by atoms with van der Waals surface area (Å²) >= 11 is 3.28. The zero-order valence-electron chi connectivity index (χ0n) is 11.7. The van der Waals surface area contributed by atoms with Crippen LogP contribution in [0, 0.1) is 0 Å². The minimum Gasteiger partial charge on any atom is -0.323 e. The lowest BCUT2D eigenvalue weighted by molar-refractivity contribution is -0.132. The van der Waals surface area contributed by atoms with Crippen molar-refractivity contribution in [3.8, 4) is 0 Å². The Morgan fingerprint density at radius 1 is 1.29 bits per heavy atom. The monoisotopic (exact) mass is 343 g/mol. The summed E-state index contributed by atoms with van der Waals surface area (Å²) in [5.74, 6) is 1.74. The van der Waals surface area contributed by atoms with Gasteiger partial charge in [-0.15, -0.1) is 11.8 Å². The van der Waals surface area contributed by atoms with E-state index in [4.69, 9.17) is 0 Å². The summed E-state index contributed by atoms with van der Waals surface area (Å²) in [5, 5.41) is -0.679. The molecule has 7 heteroatoms. The van der Waals surface area contributed by atoms with E-state index in [9.17, 15) is 13.2 Å². The van der Waals surface area contributed by atoms with Gasteiger partial charge in [0.25, 0.3) is 0 Å². The number of thioether (sulfide) groups is 2. The Hall–Kier alpha value is -0.660. The second-order valence-electron chi connectivity index (χ2n) is 5.29. The molecule has 1 amide bonds. The topological polar surface area (TPSA) is 54.5 Å². The van der Waals surface area contributed by atoms with Crippen LogP contribution in [0.15, 0.2) is 29.2 Å². The minimum absolute atomic E-state index is 0.0387. The lowest BCUT2D eigenvalue weighted by Gasteiger charge is -2.35. The van der Waals surface area contributed by atoms with E-state index in [1.165, 1.54) is 6.26 Å². The standard InChI is InChI=1S/C14H17NO3S3/c1-21(17,18)13-9-19-7-6-15(13)14(16)11-8-20-12-5-3-2-4-10(11)12/h2-5,11,13H,6-9H2,1H3/t11-,13-/m1/s1. The summed E-state index contributed by atoms with van der Waals surface area (Å²) < 4.78 is 23.9. The molecule has 0 aromatic heterocycles. The fraction of sp³-hybridized carbons (Fsp3) is 0.500. The van der Waals surface area contributed by atoms with Crippen molar-refractivity contribution >= 4 is 39.3 Å². The molecule has 1 aromatic rings. The summed E-state index contributed by atoms with van der Waals surface area (Å²) in [7, 11) is -3.25. The van der Waals surface area contributed by atoms with Crippen molar-refractivity contribution < 1.29 is 13.2 Å². The van der Waals surface area contributed by atoms with Crippen molar-refractivity contribution in [3.05, 3.63) is 29.8 Å². The molecule has 2 heterocycles. The van der Waals surface area contributed by atoms with Crippen LogP contribution < -0.4 is 0 Å². The van der Waals surface area contributed by atoms with Crippen LogP contribution in [0.3, 0.4) is 0 Å². The van der Waals surface area contributed by atoms with Crippen LogP contribution in [-0.4, -0.2) is 54.7 Å². The van der Waals surface area contributed by atoms with Gasteiger partial charge in [0.2, 0.25) is 5.91 Å². The van der Waals surface area contributed by atoms with Gasteiger partial charge in [0.1, 0.15) is 5.37 Å². The molecule has 0 radical (unpaired) electrons. The van der Waals surface area contributed by atoms with E-state index in [0.717, 1.165) is 16.2 Å². The maximum absolute atomic E-state index is 12.9. The van der Waals surface area contributed by atoms with Crippen LogP contribution in [0.25, 0.3) is 0 Å². The summed E-state index contributed by atoms with van der Waals surface area (Å²) in [4.78, 5) is 15.6. The Bertz CT molecular complexity index is 659. The molecule has 0 spiro atoms. The number of nitrogens with zero attached hydrogens (tertiary/aromatic N) is 1. The second kappa shape index (κ2) is 5.85. The van der Waals surface area contributed by atoms with Crippen molar-refractivity contribution in [2.75, 3.05) is 30.1 Å². The molecule has 0 saturated carbocycles. The van der Waals surface area contributed by atoms with Crippen molar-refractivity contribution in [2.24, 2.45) is 0 Å². The fourth-order valence-corrected chi connectivity index (χ4v) is 6.80. The highest BCUT2D eigenvalue weighted by Crippen LogP contribution is 2.41. The maximum Gasteiger partial charge on any atom is 0.232 e. The van der Waals surface area contributed by atoms with Gasteiger partial charge in [-0.2, -0.15) is 11.8 Å². The van der Waals surface area contributed by atoms with E-state index in [0.29, 0.717) is 18.1 Å². The first-order valence-electron chi connectivity index (χ1n) is 6.77. The normalized spacial score (nSPS) is 25.7. The number of hydrogen-bond donors (Lipinski definition) is 0. The highest BCUT2D eigenvalue weighted by atomic mass is 32.2. The summed E-state index contributed by atoms with van der Waals surface area (Å²) in [6.45, 7) is 0.518. The quantitative estimate of drug-likeness (QED) is 0.820. The average molecular weight is 343 g/mol. The predicted molar refractivity (Wildman–Crippen MR) is 87.6 cm³/mol. The maximum atomic E-state index is 12.9. The third kappa shape index (κ3) is 2.96. The van der Waals surface area contributed by atoms with E-state index in [1.54, 1.807) is 28.4 Å². The summed E-state index contributed by atoms with van der Waals surface area (Å²) in [6, 6.07) is 7.90. The van der Waals surface area contributed by atoms with E-state index >= 15 is 0 Å². The molecule has 0 N–H and O–H groups in total. The van der Waals surface area contributed by atoms with E-state index in [2.05, 4.69) is 0 Å².